The number of likely N-dealkylation sites (tertiary alicyclic amines) is 1. The Balaban J connectivity index is 1.53. The van der Waals surface area contributed by atoms with Crippen molar-refractivity contribution in [1.82, 2.24) is 15.1 Å². The van der Waals surface area contributed by atoms with E-state index in [1.807, 2.05) is 30.3 Å². The molecule has 7 nitrogen and oxygen atoms in total. The lowest BCUT2D eigenvalue weighted by atomic mass is 9.88. The second-order valence-electron chi connectivity index (χ2n) is 7.57. The van der Waals surface area contributed by atoms with Crippen LogP contribution in [0.25, 0.3) is 0 Å². The van der Waals surface area contributed by atoms with Crippen LogP contribution in [0.5, 0.6) is 5.75 Å². The molecule has 2 aromatic rings. The second kappa shape index (κ2) is 7.78. The van der Waals surface area contributed by atoms with Gasteiger partial charge in [-0.2, -0.15) is 0 Å². The highest BCUT2D eigenvalue weighted by atomic mass is 19.1. The third-order valence-corrected chi connectivity index (χ3v) is 5.61. The molecule has 0 aliphatic carbocycles. The summed E-state index contributed by atoms with van der Waals surface area (Å²) in [6.07, 6.45) is 0.999. The highest BCUT2D eigenvalue weighted by Crippen LogP contribution is 2.30. The van der Waals surface area contributed by atoms with Crippen LogP contribution in [0.3, 0.4) is 0 Å². The maximum Gasteiger partial charge on any atom is 0.325 e. The first-order valence-electron chi connectivity index (χ1n) is 9.74. The number of piperidine rings is 1. The SMILES string of the molecule is COc1ccc(C(=O)N2CCCC3(C2)NC(=O)N(Cc2ccccc2)C3=O)cc1F. The number of imide groups is 1. The van der Waals surface area contributed by atoms with Gasteiger partial charge in [0.05, 0.1) is 20.2 Å². The normalized spacial score (nSPS) is 21.1. The number of nitrogens with one attached hydrogen (secondary N) is 1. The summed E-state index contributed by atoms with van der Waals surface area (Å²) in [5.41, 5.74) is -0.135. The van der Waals surface area contributed by atoms with Crippen LogP contribution in [-0.2, 0) is 11.3 Å². The molecule has 2 saturated heterocycles. The van der Waals surface area contributed by atoms with E-state index in [0.29, 0.717) is 19.4 Å². The summed E-state index contributed by atoms with van der Waals surface area (Å²) in [5.74, 6) is -1.31. The molecule has 0 bridgehead atoms. The lowest BCUT2D eigenvalue weighted by Gasteiger charge is -2.38. The van der Waals surface area contributed by atoms with Gasteiger partial charge in [0, 0.05) is 12.1 Å². The van der Waals surface area contributed by atoms with Crippen LogP contribution in [0.15, 0.2) is 48.5 Å². The van der Waals surface area contributed by atoms with Gasteiger partial charge in [0.2, 0.25) is 0 Å². The molecule has 8 heteroatoms. The van der Waals surface area contributed by atoms with Crippen molar-refractivity contribution in [3.05, 3.63) is 65.5 Å². The zero-order chi connectivity index (χ0) is 21.3. The summed E-state index contributed by atoms with van der Waals surface area (Å²) in [6.45, 7) is 0.649. The van der Waals surface area contributed by atoms with E-state index >= 15 is 0 Å². The van der Waals surface area contributed by atoms with E-state index in [1.165, 1.54) is 29.0 Å². The van der Waals surface area contributed by atoms with Crippen molar-refractivity contribution < 1.29 is 23.5 Å². The fourth-order valence-electron chi connectivity index (χ4n) is 4.07. The number of hydrogen-bond acceptors (Lipinski definition) is 4. The largest absolute Gasteiger partial charge is 0.494 e. The van der Waals surface area contributed by atoms with Gasteiger partial charge in [0.25, 0.3) is 11.8 Å². The quantitative estimate of drug-likeness (QED) is 0.785. The second-order valence-corrected chi connectivity index (χ2v) is 7.57. The van der Waals surface area contributed by atoms with E-state index in [-0.39, 0.29) is 36.2 Å². The molecule has 2 fully saturated rings. The number of rotatable bonds is 4. The monoisotopic (exact) mass is 411 g/mol. The van der Waals surface area contributed by atoms with Crippen LogP contribution < -0.4 is 10.1 Å². The molecule has 4 rings (SSSR count). The smallest absolute Gasteiger partial charge is 0.325 e. The Hall–Kier alpha value is -3.42. The molecule has 2 aromatic carbocycles. The van der Waals surface area contributed by atoms with E-state index in [4.69, 9.17) is 4.74 Å². The summed E-state index contributed by atoms with van der Waals surface area (Å²) in [7, 11) is 1.35. The van der Waals surface area contributed by atoms with Gasteiger partial charge >= 0.3 is 6.03 Å². The number of ether oxygens (including phenoxy) is 1. The third kappa shape index (κ3) is 3.49. The minimum Gasteiger partial charge on any atom is -0.494 e. The molecular formula is C22H22FN3O4. The van der Waals surface area contributed by atoms with Gasteiger partial charge in [0.1, 0.15) is 5.54 Å². The molecule has 1 unspecified atom stereocenters. The predicted molar refractivity (Wildman–Crippen MR) is 106 cm³/mol. The van der Waals surface area contributed by atoms with E-state index in [0.717, 1.165) is 11.6 Å². The fraction of sp³-hybridized carbons (Fsp3) is 0.318. The summed E-state index contributed by atoms with van der Waals surface area (Å²) >= 11 is 0. The molecule has 1 spiro atoms. The molecule has 0 saturated carbocycles. The van der Waals surface area contributed by atoms with Gasteiger partial charge in [-0.15, -0.1) is 0 Å². The van der Waals surface area contributed by atoms with Gasteiger partial charge in [-0.1, -0.05) is 30.3 Å². The van der Waals surface area contributed by atoms with Crippen LogP contribution in [0, 0.1) is 5.82 Å². The van der Waals surface area contributed by atoms with E-state index in [9.17, 15) is 18.8 Å². The predicted octanol–water partition coefficient (Wildman–Crippen LogP) is 2.56. The Kier molecular flexibility index (Phi) is 5.15. The summed E-state index contributed by atoms with van der Waals surface area (Å²) in [4.78, 5) is 41.3. The Labute approximate surface area is 173 Å². The van der Waals surface area contributed by atoms with Gasteiger partial charge in [-0.3, -0.25) is 14.5 Å². The molecule has 0 radical (unpaired) electrons. The molecular weight excluding hydrogens is 389 g/mol. The number of carbonyl (C=O) groups excluding carboxylic acids is 3. The van der Waals surface area contributed by atoms with Gasteiger partial charge in [0.15, 0.2) is 11.6 Å². The highest BCUT2D eigenvalue weighted by molar-refractivity contribution is 6.07. The summed E-state index contributed by atoms with van der Waals surface area (Å²) < 4.78 is 18.9. The molecule has 0 aromatic heterocycles. The molecule has 2 aliphatic heterocycles. The zero-order valence-electron chi connectivity index (χ0n) is 16.6. The van der Waals surface area contributed by atoms with Crippen molar-refractivity contribution in [2.75, 3.05) is 20.2 Å². The van der Waals surface area contributed by atoms with Crippen molar-refractivity contribution in [1.29, 1.82) is 0 Å². The lowest BCUT2D eigenvalue weighted by Crippen LogP contribution is -2.59. The topological polar surface area (TPSA) is 79.0 Å². The van der Waals surface area contributed by atoms with E-state index in [2.05, 4.69) is 5.32 Å². The lowest BCUT2D eigenvalue weighted by molar-refractivity contribution is -0.133. The minimum absolute atomic E-state index is 0.0509. The molecule has 1 N–H and O–H groups in total. The van der Waals surface area contributed by atoms with Crippen LogP contribution in [0.1, 0.15) is 28.8 Å². The maximum atomic E-state index is 14.0. The summed E-state index contributed by atoms with van der Waals surface area (Å²) in [5, 5.41) is 2.80. The number of hydrogen-bond donors (Lipinski definition) is 1. The Morgan fingerprint density at radius 2 is 1.97 bits per heavy atom. The standard InChI is InChI=1S/C22H22FN3O4/c1-30-18-9-8-16(12-17(18)23)19(27)25-11-5-10-22(14-25)20(28)26(21(29)24-22)13-15-6-3-2-4-7-15/h2-4,6-9,12H,5,10-11,13-14H2,1H3,(H,24,29). The van der Waals surface area contributed by atoms with Gasteiger partial charge in [-0.25, -0.2) is 9.18 Å². The molecule has 30 heavy (non-hydrogen) atoms. The zero-order valence-corrected chi connectivity index (χ0v) is 16.6. The van der Waals surface area contributed by atoms with Gasteiger partial charge in [-0.05, 0) is 36.6 Å². The molecule has 156 valence electrons. The van der Waals surface area contributed by atoms with Crippen molar-refractivity contribution in [3.63, 3.8) is 0 Å². The average molecular weight is 411 g/mol. The number of halogens is 1. The first-order chi connectivity index (χ1) is 14.4. The van der Waals surface area contributed by atoms with Crippen molar-refractivity contribution in [2.45, 2.75) is 24.9 Å². The first-order valence-corrected chi connectivity index (χ1v) is 9.74. The van der Waals surface area contributed by atoms with Crippen molar-refractivity contribution in [3.8, 4) is 5.75 Å². The van der Waals surface area contributed by atoms with Crippen molar-refractivity contribution in [2.24, 2.45) is 0 Å². The minimum atomic E-state index is -1.15. The van der Waals surface area contributed by atoms with Crippen LogP contribution in [-0.4, -0.2) is 53.4 Å². The van der Waals surface area contributed by atoms with Crippen molar-refractivity contribution >= 4 is 17.8 Å². The summed E-state index contributed by atoms with van der Waals surface area (Å²) in [6, 6.07) is 12.8. The van der Waals surface area contributed by atoms with Crippen LogP contribution in [0.2, 0.25) is 0 Å². The number of methoxy groups -OCH3 is 1. The third-order valence-electron chi connectivity index (χ3n) is 5.61. The fourth-order valence-corrected chi connectivity index (χ4v) is 4.07. The Morgan fingerprint density at radius 1 is 1.20 bits per heavy atom. The highest BCUT2D eigenvalue weighted by Gasteiger charge is 2.53. The number of urea groups is 1. The molecule has 2 heterocycles. The molecule has 4 amide bonds. The van der Waals surface area contributed by atoms with E-state index < -0.39 is 17.4 Å². The molecule has 1 atom stereocenters. The van der Waals surface area contributed by atoms with Crippen LogP contribution in [0.4, 0.5) is 9.18 Å². The number of nitrogens with zero attached hydrogens (tertiary/aromatic N) is 2. The Morgan fingerprint density at radius 3 is 2.67 bits per heavy atom. The van der Waals surface area contributed by atoms with Gasteiger partial charge < -0.3 is 15.0 Å². The Bertz CT molecular complexity index is 997. The average Bonchev–Trinajstić information content (AvgIpc) is 2.97. The molecule has 2 aliphatic rings. The number of amides is 4. The van der Waals surface area contributed by atoms with Crippen LogP contribution >= 0.6 is 0 Å². The number of benzene rings is 2. The maximum absolute atomic E-state index is 14.0. The first kappa shape index (κ1) is 19.9. The van der Waals surface area contributed by atoms with E-state index in [1.54, 1.807) is 0 Å². The number of carbonyl (C=O) groups is 3.